The van der Waals surface area contributed by atoms with Gasteiger partial charge in [0.1, 0.15) is 27.6 Å². The zero-order valence-corrected chi connectivity index (χ0v) is 13.9. The fourth-order valence-corrected chi connectivity index (χ4v) is 2.94. The summed E-state index contributed by atoms with van der Waals surface area (Å²) >= 11 is 3.33. The second-order valence-corrected chi connectivity index (χ2v) is 5.83. The zero-order chi connectivity index (χ0) is 16.7. The van der Waals surface area contributed by atoms with E-state index in [4.69, 9.17) is 0 Å². The molecule has 0 saturated carbocycles. The maximum absolute atomic E-state index is 14.4. The van der Waals surface area contributed by atoms with Crippen LogP contribution in [0.5, 0.6) is 0 Å². The minimum atomic E-state index is -0.843. The molecule has 0 radical (unpaired) electrons. The number of nitrogens with zero attached hydrogens (tertiary/aromatic N) is 2. The monoisotopic (exact) mass is 379 g/mol. The van der Waals surface area contributed by atoms with Crippen LogP contribution in [0.1, 0.15) is 15.9 Å². The van der Waals surface area contributed by atoms with Crippen LogP contribution in [-0.4, -0.2) is 22.3 Å². The summed E-state index contributed by atoms with van der Waals surface area (Å²) in [5.41, 5.74) is 1.35. The third-order valence-corrected chi connectivity index (χ3v) is 4.25. The van der Waals surface area contributed by atoms with Gasteiger partial charge in [0.2, 0.25) is 0 Å². The molecule has 1 N–H and O–H groups in total. The normalized spacial score (nSPS) is 11.0. The average molecular weight is 380 g/mol. The fourth-order valence-electron chi connectivity index (χ4n) is 2.35. The number of aromatic nitrogens is 2. The highest BCUT2D eigenvalue weighted by Crippen LogP contribution is 2.33. The number of imidazole rings is 1. The van der Waals surface area contributed by atoms with Gasteiger partial charge in [-0.05, 0) is 52.7 Å². The Hall–Kier alpha value is -2.28. The Morgan fingerprint density at radius 3 is 2.52 bits per heavy atom. The van der Waals surface area contributed by atoms with Crippen molar-refractivity contribution in [3.63, 3.8) is 0 Å². The van der Waals surface area contributed by atoms with Gasteiger partial charge < -0.3 is 5.32 Å². The summed E-state index contributed by atoms with van der Waals surface area (Å²) in [5, 5.41) is 2.33. The third-order valence-electron chi connectivity index (χ3n) is 3.49. The summed E-state index contributed by atoms with van der Waals surface area (Å²) in [6.07, 6.45) is 1.76. The molecule has 0 spiro atoms. The molecule has 0 aliphatic heterocycles. The molecule has 2 heterocycles. The predicted molar refractivity (Wildman–Crippen MR) is 86.4 cm³/mol. The van der Waals surface area contributed by atoms with Gasteiger partial charge in [0.15, 0.2) is 0 Å². The van der Waals surface area contributed by atoms with E-state index in [9.17, 15) is 13.6 Å². The number of fused-ring (bicyclic) bond motifs is 1. The number of hydrogen-bond acceptors (Lipinski definition) is 2. The number of halogens is 3. The topological polar surface area (TPSA) is 46.4 Å². The van der Waals surface area contributed by atoms with Crippen molar-refractivity contribution in [2.45, 2.75) is 6.92 Å². The number of nitrogens with one attached hydrogen (secondary N) is 1. The first-order valence-electron chi connectivity index (χ1n) is 6.78. The van der Waals surface area contributed by atoms with Crippen LogP contribution in [0.3, 0.4) is 0 Å². The smallest absolute Gasteiger partial charge is 0.251 e. The van der Waals surface area contributed by atoms with Gasteiger partial charge in [0.05, 0.1) is 5.56 Å². The van der Waals surface area contributed by atoms with Gasteiger partial charge in [-0.1, -0.05) is 0 Å². The van der Waals surface area contributed by atoms with Crippen LogP contribution in [0.25, 0.3) is 16.9 Å². The molecule has 1 amide bonds. The average Bonchev–Trinajstić information content (AvgIpc) is 2.82. The Bertz CT molecular complexity index is 913. The van der Waals surface area contributed by atoms with Gasteiger partial charge in [-0.25, -0.2) is 13.8 Å². The van der Waals surface area contributed by atoms with E-state index in [1.165, 1.54) is 7.05 Å². The quantitative estimate of drug-likeness (QED) is 0.737. The van der Waals surface area contributed by atoms with E-state index < -0.39 is 17.5 Å². The SMILES string of the molecule is CNC(=O)c1cc(F)c(-c2nc3cc(C)ccn3c2Br)c(F)c1. The lowest BCUT2D eigenvalue weighted by atomic mass is 10.1. The molecule has 1 aromatic carbocycles. The Morgan fingerprint density at radius 2 is 1.91 bits per heavy atom. The maximum atomic E-state index is 14.4. The molecule has 0 bridgehead atoms. The van der Waals surface area contributed by atoms with Crippen molar-refractivity contribution in [2.24, 2.45) is 0 Å². The number of pyridine rings is 1. The summed E-state index contributed by atoms with van der Waals surface area (Å²) in [6, 6.07) is 5.67. The van der Waals surface area contributed by atoms with Gasteiger partial charge in [-0.2, -0.15) is 0 Å². The summed E-state index contributed by atoms with van der Waals surface area (Å²) < 4.78 is 30.9. The number of aryl methyl sites for hydroxylation is 1. The number of carbonyl (C=O) groups is 1. The molecule has 23 heavy (non-hydrogen) atoms. The lowest BCUT2D eigenvalue weighted by molar-refractivity contribution is 0.0962. The summed E-state index contributed by atoms with van der Waals surface area (Å²) in [4.78, 5) is 15.8. The first kappa shape index (κ1) is 15.6. The van der Waals surface area contributed by atoms with E-state index in [0.717, 1.165) is 17.7 Å². The molecule has 3 aromatic rings. The van der Waals surface area contributed by atoms with Crippen molar-refractivity contribution in [1.29, 1.82) is 0 Å². The first-order valence-corrected chi connectivity index (χ1v) is 7.57. The van der Waals surface area contributed by atoms with E-state index in [2.05, 4.69) is 26.2 Å². The Labute approximate surface area is 139 Å². The Balaban J connectivity index is 2.23. The predicted octanol–water partition coefficient (Wildman–Crippen LogP) is 3.71. The summed E-state index contributed by atoms with van der Waals surface area (Å²) in [5.74, 6) is -2.24. The van der Waals surface area contributed by atoms with E-state index in [-0.39, 0.29) is 16.8 Å². The summed E-state index contributed by atoms with van der Waals surface area (Å²) in [6.45, 7) is 1.90. The molecule has 2 aromatic heterocycles. The lowest BCUT2D eigenvalue weighted by Gasteiger charge is -2.06. The second-order valence-electron chi connectivity index (χ2n) is 5.08. The summed E-state index contributed by atoms with van der Waals surface area (Å²) in [7, 11) is 1.40. The molecule has 0 unspecified atom stereocenters. The van der Waals surface area contributed by atoms with E-state index in [0.29, 0.717) is 10.3 Å². The largest absolute Gasteiger partial charge is 0.355 e. The maximum Gasteiger partial charge on any atom is 0.251 e. The van der Waals surface area contributed by atoms with Crippen LogP contribution in [0, 0.1) is 18.6 Å². The minimum absolute atomic E-state index is 0.0815. The molecule has 4 nitrogen and oxygen atoms in total. The standard InChI is InChI=1S/C16H12BrF2N3O/c1-8-3-4-22-12(5-8)21-14(15(22)17)13-10(18)6-9(7-11(13)19)16(23)20-2/h3-7H,1-2H3,(H,20,23). The lowest BCUT2D eigenvalue weighted by Crippen LogP contribution is -2.18. The molecule has 118 valence electrons. The van der Waals surface area contributed by atoms with E-state index in [1.807, 2.05) is 19.1 Å². The highest BCUT2D eigenvalue weighted by atomic mass is 79.9. The van der Waals surface area contributed by atoms with Crippen molar-refractivity contribution < 1.29 is 13.6 Å². The van der Waals surface area contributed by atoms with Crippen LogP contribution in [0.15, 0.2) is 35.1 Å². The van der Waals surface area contributed by atoms with Crippen LogP contribution in [-0.2, 0) is 0 Å². The van der Waals surface area contributed by atoms with Gasteiger partial charge >= 0.3 is 0 Å². The third kappa shape index (κ3) is 2.61. The van der Waals surface area contributed by atoms with E-state index in [1.54, 1.807) is 10.6 Å². The first-order chi connectivity index (χ1) is 10.9. The number of hydrogen-bond donors (Lipinski definition) is 1. The highest BCUT2D eigenvalue weighted by molar-refractivity contribution is 9.10. The highest BCUT2D eigenvalue weighted by Gasteiger charge is 2.21. The van der Waals surface area contributed by atoms with Gasteiger partial charge in [0, 0.05) is 18.8 Å². The van der Waals surface area contributed by atoms with Crippen LogP contribution in [0.2, 0.25) is 0 Å². The van der Waals surface area contributed by atoms with E-state index >= 15 is 0 Å². The van der Waals surface area contributed by atoms with Crippen LogP contribution in [0.4, 0.5) is 8.78 Å². The Kier molecular flexibility index (Phi) is 3.89. The molecule has 0 aliphatic carbocycles. The number of rotatable bonds is 2. The molecule has 0 saturated heterocycles. The minimum Gasteiger partial charge on any atom is -0.355 e. The van der Waals surface area contributed by atoms with Crippen molar-refractivity contribution >= 4 is 27.5 Å². The number of carbonyl (C=O) groups excluding carboxylic acids is 1. The molecular weight excluding hydrogens is 368 g/mol. The van der Waals surface area contributed by atoms with Crippen molar-refractivity contribution in [3.05, 3.63) is 57.8 Å². The second kappa shape index (κ2) is 5.73. The van der Waals surface area contributed by atoms with Crippen LogP contribution >= 0.6 is 15.9 Å². The molecule has 7 heteroatoms. The van der Waals surface area contributed by atoms with Gasteiger partial charge in [-0.3, -0.25) is 9.20 Å². The molecule has 0 aliphatic rings. The number of benzene rings is 1. The molecule has 3 rings (SSSR count). The fraction of sp³-hybridized carbons (Fsp3) is 0.125. The van der Waals surface area contributed by atoms with Gasteiger partial charge in [0.25, 0.3) is 5.91 Å². The zero-order valence-electron chi connectivity index (χ0n) is 12.3. The van der Waals surface area contributed by atoms with Crippen molar-refractivity contribution in [3.8, 4) is 11.3 Å². The molecule has 0 fully saturated rings. The molecular formula is C16H12BrF2N3O. The van der Waals surface area contributed by atoms with Crippen LogP contribution < -0.4 is 5.32 Å². The van der Waals surface area contributed by atoms with Crippen molar-refractivity contribution in [1.82, 2.24) is 14.7 Å². The number of amides is 1. The Morgan fingerprint density at radius 1 is 1.26 bits per heavy atom. The molecule has 0 atom stereocenters. The van der Waals surface area contributed by atoms with Crippen molar-refractivity contribution in [2.75, 3.05) is 7.05 Å². The van der Waals surface area contributed by atoms with Gasteiger partial charge in [-0.15, -0.1) is 0 Å².